The largest absolute Gasteiger partial charge is 0.398 e. The highest BCUT2D eigenvalue weighted by molar-refractivity contribution is 5.51. The monoisotopic (exact) mass is 247 g/mol. The van der Waals surface area contributed by atoms with Gasteiger partial charge in [0.25, 0.3) is 0 Å². The van der Waals surface area contributed by atoms with E-state index in [0.717, 1.165) is 16.7 Å². The van der Waals surface area contributed by atoms with Crippen LogP contribution in [0.4, 0.5) is 14.5 Å². The molecule has 18 heavy (non-hydrogen) atoms. The van der Waals surface area contributed by atoms with Crippen LogP contribution in [0.3, 0.4) is 0 Å². The SMILES string of the molecule is Cc1cc(Cc2cc(F)cc(N)c2C)ccc1F. The highest BCUT2D eigenvalue weighted by Gasteiger charge is 2.07. The van der Waals surface area contributed by atoms with E-state index in [2.05, 4.69) is 0 Å². The Morgan fingerprint density at radius 2 is 1.78 bits per heavy atom. The van der Waals surface area contributed by atoms with E-state index < -0.39 is 0 Å². The summed E-state index contributed by atoms with van der Waals surface area (Å²) in [5.74, 6) is -0.568. The molecule has 0 spiro atoms. The molecule has 94 valence electrons. The van der Waals surface area contributed by atoms with Crippen molar-refractivity contribution in [3.05, 3.63) is 64.2 Å². The molecule has 2 aromatic rings. The molecule has 0 radical (unpaired) electrons. The fourth-order valence-corrected chi connectivity index (χ4v) is 1.98. The van der Waals surface area contributed by atoms with Gasteiger partial charge in [0, 0.05) is 5.69 Å². The summed E-state index contributed by atoms with van der Waals surface area (Å²) >= 11 is 0. The van der Waals surface area contributed by atoms with Crippen LogP contribution in [-0.4, -0.2) is 0 Å². The van der Waals surface area contributed by atoms with Gasteiger partial charge in [-0.1, -0.05) is 12.1 Å². The number of hydrogen-bond acceptors (Lipinski definition) is 1. The van der Waals surface area contributed by atoms with Crippen molar-refractivity contribution in [1.29, 1.82) is 0 Å². The Bertz CT molecular complexity index is 591. The average Bonchev–Trinajstić information content (AvgIpc) is 2.30. The Kier molecular flexibility index (Phi) is 3.32. The van der Waals surface area contributed by atoms with Crippen molar-refractivity contribution in [3.8, 4) is 0 Å². The van der Waals surface area contributed by atoms with E-state index >= 15 is 0 Å². The number of aryl methyl sites for hydroxylation is 1. The first-order chi connectivity index (χ1) is 8.47. The maximum atomic E-state index is 13.3. The zero-order valence-electron chi connectivity index (χ0n) is 10.4. The first kappa shape index (κ1) is 12.6. The molecule has 2 rings (SSSR count). The summed E-state index contributed by atoms with van der Waals surface area (Å²) < 4.78 is 26.5. The lowest BCUT2D eigenvalue weighted by Gasteiger charge is -2.10. The Labute approximate surface area is 105 Å². The van der Waals surface area contributed by atoms with Crippen LogP contribution < -0.4 is 5.73 Å². The van der Waals surface area contributed by atoms with Crippen molar-refractivity contribution in [3.63, 3.8) is 0 Å². The number of rotatable bonds is 2. The third kappa shape index (κ3) is 2.50. The minimum Gasteiger partial charge on any atom is -0.398 e. The number of anilines is 1. The number of nitrogens with two attached hydrogens (primary N) is 1. The fourth-order valence-electron chi connectivity index (χ4n) is 1.98. The first-order valence-electron chi connectivity index (χ1n) is 5.77. The van der Waals surface area contributed by atoms with E-state index in [0.29, 0.717) is 17.7 Å². The highest BCUT2D eigenvalue weighted by atomic mass is 19.1. The van der Waals surface area contributed by atoms with Gasteiger partial charge in [-0.2, -0.15) is 0 Å². The van der Waals surface area contributed by atoms with Gasteiger partial charge < -0.3 is 5.73 Å². The van der Waals surface area contributed by atoms with E-state index in [4.69, 9.17) is 5.73 Å². The number of benzene rings is 2. The Morgan fingerprint density at radius 1 is 1.06 bits per heavy atom. The van der Waals surface area contributed by atoms with E-state index in [1.807, 2.05) is 6.92 Å². The minimum atomic E-state index is -0.341. The van der Waals surface area contributed by atoms with Crippen molar-refractivity contribution in [2.45, 2.75) is 20.3 Å². The second-order valence-electron chi connectivity index (χ2n) is 4.54. The van der Waals surface area contributed by atoms with Crippen LogP contribution in [0.5, 0.6) is 0 Å². The lowest BCUT2D eigenvalue weighted by atomic mass is 9.98. The maximum Gasteiger partial charge on any atom is 0.126 e. The smallest absolute Gasteiger partial charge is 0.126 e. The van der Waals surface area contributed by atoms with Gasteiger partial charge in [0.05, 0.1) is 0 Å². The quantitative estimate of drug-likeness (QED) is 0.803. The molecule has 3 heteroatoms. The summed E-state index contributed by atoms with van der Waals surface area (Å²) in [7, 11) is 0. The molecule has 0 aliphatic rings. The highest BCUT2D eigenvalue weighted by Crippen LogP contribution is 2.22. The Hall–Kier alpha value is -1.90. The summed E-state index contributed by atoms with van der Waals surface area (Å²) in [5.41, 5.74) is 9.42. The molecule has 1 nitrogen and oxygen atoms in total. The third-order valence-electron chi connectivity index (χ3n) is 3.14. The molecule has 0 unspecified atom stereocenters. The van der Waals surface area contributed by atoms with Crippen molar-refractivity contribution < 1.29 is 8.78 Å². The minimum absolute atomic E-state index is 0.228. The van der Waals surface area contributed by atoms with Crippen LogP contribution >= 0.6 is 0 Å². The summed E-state index contributed by atoms with van der Waals surface area (Å²) in [6, 6.07) is 7.71. The third-order valence-corrected chi connectivity index (χ3v) is 3.14. The lowest BCUT2D eigenvalue weighted by Crippen LogP contribution is -1.99. The maximum absolute atomic E-state index is 13.3. The van der Waals surface area contributed by atoms with Crippen molar-refractivity contribution in [2.24, 2.45) is 0 Å². The molecule has 0 aromatic heterocycles. The van der Waals surface area contributed by atoms with Crippen LogP contribution in [0.15, 0.2) is 30.3 Å². The molecule has 0 atom stereocenters. The van der Waals surface area contributed by atoms with Gasteiger partial charge in [0.2, 0.25) is 0 Å². The number of hydrogen-bond donors (Lipinski definition) is 1. The van der Waals surface area contributed by atoms with Crippen LogP contribution in [0.2, 0.25) is 0 Å². The molecule has 0 amide bonds. The molecule has 0 bridgehead atoms. The molecule has 0 heterocycles. The van der Waals surface area contributed by atoms with E-state index in [1.165, 1.54) is 18.2 Å². The molecule has 0 aliphatic heterocycles. The zero-order valence-corrected chi connectivity index (χ0v) is 10.4. The van der Waals surface area contributed by atoms with Gasteiger partial charge in [0.15, 0.2) is 0 Å². The van der Waals surface area contributed by atoms with Crippen LogP contribution in [0.25, 0.3) is 0 Å². The summed E-state index contributed by atoms with van der Waals surface area (Å²) in [5, 5.41) is 0. The van der Waals surface area contributed by atoms with E-state index in [1.54, 1.807) is 19.1 Å². The average molecular weight is 247 g/mol. The molecule has 2 N–H and O–H groups in total. The standard InChI is InChI=1S/C15H15F2N/c1-9-5-11(3-4-14(9)17)6-12-7-13(16)8-15(18)10(12)2/h3-5,7-8H,6,18H2,1-2H3. The van der Waals surface area contributed by atoms with Gasteiger partial charge in [-0.3, -0.25) is 0 Å². The molecular weight excluding hydrogens is 232 g/mol. The molecule has 0 saturated carbocycles. The zero-order chi connectivity index (χ0) is 13.3. The molecule has 0 aliphatic carbocycles. The van der Waals surface area contributed by atoms with Crippen molar-refractivity contribution in [1.82, 2.24) is 0 Å². The number of halogens is 2. The van der Waals surface area contributed by atoms with Gasteiger partial charge in [-0.15, -0.1) is 0 Å². The predicted molar refractivity (Wildman–Crippen MR) is 69.5 cm³/mol. The second-order valence-corrected chi connectivity index (χ2v) is 4.54. The topological polar surface area (TPSA) is 26.0 Å². The summed E-state index contributed by atoms with van der Waals surface area (Å²) in [6.07, 6.45) is 0.551. The van der Waals surface area contributed by atoms with Gasteiger partial charge >= 0.3 is 0 Å². The van der Waals surface area contributed by atoms with Gasteiger partial charge in [-0.05, 0) is 60.7 Å². The van der Waals surface area contributed by atoms with Gasteiger partial charge in [0.1, 0.15) is 11.6 Å². The molecule has 0 fully saturated rings. The second kappa shape index (κ2) is 4.77. The molecule has 2 aromatic carbocycles. The van der Waals surface area contributed by atoms with Crippen molar-refractivity contribution >= 4 is 5.69 Å². The van der Waals surface area contributed by atoms with Crippen LogP contribution in [0, 0.1) is 25.5 Å². The van der Waals surface area contributed by atoms with E-state index in [9.17, 15) is 8.78 Å². The normalized spacial score (nSPS) is 10.7. The Balaban J connectivity index is 2.36. The van der Waals surface area contributed by atoms with E-state index in [-0.39, 0.29) is 11.6 Å². The molecular formula is C15H15F2N. The Morgan fingerprint density at radius 3 is 2.44 bits per heavy atom. The fraction of sp³-hybridized carbons (Fsp3) is 0.200. The van der Waals surface area contributed by atoms with Crippen LogP contribution in [0.1, 0.15) is 22.3 Å². The number of nitrogen functional groups attached to an aromatic ring is 1. The summed E-state index contributed by atoms with van der Waals surface area (Å²) in [4.78, 5) is 0. The lowest BCUT2D eigenvalue weighted by molar-refractivity contribution is 0.617. The summed E-state index contributed by atoms with van der Waals surface area (Å²) in [6.45, 7) is 3.58. The first-order valence-corrected chi connectivity index (χ1v) is 5.77. The van der Waals surface area contributed by atoms with Crippen molar-refractivity contribution in [2.75, 3.05) is 5.73 Å². The van der Waals surface area contributed by atoms with Crippen LogP contribution in [-0.2, 0) is 6.42 Å². The molecule has 0 saturated heterocycles. The van der Waals surface area contributed by atoms with Gasteiger partial charge in [-0.25, -0.2) is 8.78 Å². The predicted octanol–water partition coefficient (Wildman–Crippen LogP) is 3.75.